The third-order valence-corrected chi connectivity index (χ3v) is 3.57. The van der Waals surface area contributed by atoms with Gasteiger partial charge in [-0.25, -0.2) is 4.79 Å². The van der Waals surface area contributed by atoms with Crippen molar-refractivity contribution in [2.45, 2.75) is 20.4 Å². The minimum Gasteiger partial charge on any atom is -0.483 e. The molecule has 5 heteroatoms. The van der Waals surface area contributed by atoms with E-state index in [4.69, 9.17) is 4.74 Å². The molecule has 0 aliphatic rings. The predicted molar refractivity (Wildman–Crippen MR) is 91.0 cm³/mol. The van der Waals surface area contributed by atoms with Crippen LogP contribution in [0.4, 0.5) is 0 Å². The average molecular weight is 327 g/mol. The molecule has 0 bridgehead atoms. The fourth-order valence-corrected chi connectivity index (χ4v) is 2.13. The van der Waals surface area contributed by atoms with Crippen LogP contribution in [0.2, 0.25) is 0 Å². The molecule has 0 fully saturated rings. The van der Waals surface area contributed by atoms with Gasteiger partial charge in [-0.2, -0.15) is 0 Å². The molecule has 0 aliphatic heterocycles. The minimum atomic E-state index is -0.382. The number of nitrogens with one attached hydrogen (secondary N) is 1. The van der Waals surface area contributed by atoms with Crippen molar-refractivity contribution in [3.05, 3.63) is 64.7 Å². The average Bonchev–Trinajstić information content (AvgIpc) is 2.60. The lowest BCUT2D eigenvalue weighted by molar-refractivity contribution is -0.123. The first-order valence-electron chi connectivity index (χ1n) is 7.63. The quantitative estimate of drug-likeness (QED) is 0.829. The Labute approximate surface area is 141 Å². The Morgan fingerprint density at radius 3 is 2.42 bits per heavy atom. The standard InChI is InChI=1S/C19H21NO4/c1-13-4-5-14(2)17(10-13)24-12-18(21)20-11-15-6-8-16(9-7-15)19(22)23-3/h4-10H,11-12H2,1-3H3,(H,20,21). The number of ether oxygens (including phenoxy) is 2. The fourth-order valence-electron chi connectivity index (χ4n) is 2.13. The van der Waals surface area contributed by atoms with E-state index in [-0.39, 0.29) is 18.5 Å². The van der Waals surface area contributed by atoms with E-state index >= 15 is 0 Å². The number of rotatable bonds is 6. The van der Waals surface area contributed by atoms with Crippen LogP contribution in [-0.2, 0) is 16.1 Å². The van der Waals surface area contributed by atoms with Crippen molar-refractivity contribution in [2.24, 2.45) is 0 Å². The molecule has 1 N–H and O–H groups in total. The Morgan fingerprint density at radius 1 is 1.04 bits per heavy atom. The molecule has 0 spiro atoms. The number of hydrogen-bond acceptors (Lipinski definition) is 4. The van der Waals surface area contributed by atoms with Crippen molar-refractivity contribution >= 4 is 11.9 Å². The van der Waals surface area contributed by atoms with Crippen LogP contribution in [0.1, 0.15) is 27.0 Å². The third-order valence-electron chi connectivity index (χ3n) is 3.57. The van der Waals surface area contributed by atoms with Gasteiger partial charge in [0.05, 0.1) is 12.7 Å². The van der Waals surface area contributed by atoms with Crippen LogP contribution in [0.5, 0.6) is 5.75 Å². The van der Waals surface area contributed by atoms with E-state index in [2.05, 4.69) is 10.1 Å². The van der Waals surface area contributed by atoms with Crippen LogP contribution in [0, 0.1) is 13.8 Å². The highest BCUT2D eigenvalue weighted by Crippen LogP contribution is 2.18. The van der Waals surface area contributed by atoms with Crippen LogP contribution < -0.4 is 10.1 Å². The van der Waals surface area contributed by atoms with Crippen molar-refractivity contribution in [1.82, 2.24) is 5.32 Å². The maximum absolute atomic E-state index is 11.9. The monoisotopic (exact) mass is 327 g/mol. The van der Waals surface area contributed by atoms with Gasteiger partial charge >= 0.3 is 5.97 Å². The number of esters is 1. The van der Waals surface area contributed by atoms with Crippen LogP contribution in [0.3, 0.4) is 0 Å². The van der Waals surface area contributed by atoms with Crippen molar-refractivity contribution in [1.29, 1.82) is 0 Å². The number of aryl methyl sites for hydroxylation is 2. The third kappa shape index (κ3) is 4.84. The molecule has 0 unspecified atom stereocenters. The van der Waals surface area contributed by atoms with Gasteiger partial charge in [0.15, 0.2) is 6.61 Å². The summed E-state index contributed by atoms with van der Waals surface area (Å²) in [7, 11) is 1.34. The molecule has 0 aliphatic carbocycles. The molecular formula is C19H21NO4. The Balaban J connectivity index is 1.82. The first-order valence-corrected chi connectivity index (χ1v) is 7.63. The second-order valence-electron chi connectivity index (χ2n) is 5.52. The summed E-state index contributed by atoms with van der Waals surface area (Å²) in [6, 6.07) is 12.8. The molecule has 24 heavy (non-hydrogen) atoms. The SMILES string of the molecule is COC(=O)c1ccc(CNC(=O)COc2cc(C)ccc2C)cc1. The van der Waals surface area contributed by atoms with Gasteiger partial charge in [0.1, 0.15) is 5.75 Å². The molecular weight excluding hydrogens is 306 g/mol. The van der Waals surface area contributed by atoms with E-state index in [1.807, 2.05) is 32.0 Å². The predicted octanol–water partition coefficient (Wildman–Crippen LogP) is 2.79. The Morgan fingerprint density at radius 2 is 1.75 bits per heavy atom. The molecule has 2 rings (SSSR count). The largest absolute Gasteiger partial charge is 0.483 e. The second kappa shape index (κ2) is 8.15. The summed E-state index contributed by atoms with van der Waals surface area (Å²) in [5, 5.41) is 2.79. The number of hydrogen-bond donors (Lipinski definition) is 1. The molecule has 0 aromatic heterocycles. The van der Waals surface area contributed by atoms with E-state index in [1.165, 1.54) is 7.11 Å². The summed E-state index contributed by atoms with van der Waals surface area (Å²) in [4.78, 5) is 23.3. The van der Waals surface area contributed by atoms with E-state index in [0.717, 1.165) is 16.7 Å². The molecule has 2 aromatic rings. The Kier molecular flexibility index (Phi) is 5.95. The number of methoxy groups -OCH3 is 1. The van der Waals surface area contributed by atoms with Crippen LogP contribution >= 0.6 is 0 Å². The lowest BCUT2D eigenvalue weighted by Crippen LogP contribution is -2.28. The van der Waals surface area contributed by atoms with Crippen LogP contribution in [0.15, 0.2) is 42.5 Å². The van der Waals surface area contributed by atoms with Gasteiger partial charge in [0, 0.05) is 6.54 Å². The van der Waals surface area contributed by atoms with E-state index in [0.29, 0.717) is 17.9 Å². The lowest BCUT2D eigenvalue weighted by Gasteiger charge is -2.10. The lowest BCUT2D eigenvalue weighted by atomic mass is 10.1. The minimum absolute atomic E-state index is 0.0372. The molecule has 0 saturated carbocycles. The van der Waals surface area contributed by atoms with Crippen molar-refractivity contribution in [3.63, 3.8) is 0 Å². The smallest absolute Gasteiger partial charge is 0.337 e. The first-order chi connectivity index (χ1) is 11.5. The van der Waals surface area contributed by atoms with Crippen molar-refractivity contribution in [3.8, 4) is 5.75 Å². The summed E-state index contributed by atoms with van der Waals surface area (Å²) in [6.07, 6.45) is 0. The van der Waals surface area contributed by atoms with Crippen molar-refractivity contribution < 1.29 is 19.1 Å². The molecule has 126 valence electrons. The highest BCUT2D eigenvalue weighted by atomic mass is 16.5. The van der Waals surface area contributed by atoms with E-state index in [1.54, 1.807) is 24.3 Å². The van der Waals surface area contributed by atoms with Gasteiger partial charge in [0.25, 0.3) is 5.91 Å². The highest BCUT2D eigenvalue weighted by Gasteiger charge is 2.07. The maximum Gasteiger partial charge on any atom is 0.337 e. The molecule has 0 radical (unpaired) electrons. The van der Waals surface area contributed by atoms with Gasteiger partial charge in [-0.15, -0.1) is 0 Å². The highest BCUT2D eigenvalue weighted by molar-refractivity contribution is 5.89. The molecule has 2 aromatic carbocycles. The molecule has 0 atom stereocenters. The molecule has 1 amide bonds. The summed E-state index contributed by atoms with van der Waals surface area (Å²) in [5.41, 5.74) is 3.45. The van der Waals surface area contributed by atoms with Gasteiger partial charge in [-0.3, -0.25) is 4.79 Å². The molecule has 5 nitrogen and oxygen atoms in total. The normalized spacial score (nSPS) is 10.1. The van der Waals surface area contributed by atoms with Crippen molar-refractivity contribution in [2.75, 3.05) is 13.7 Å². The number of benzene rings is 2. The van der Waals surface area contributed by atoms with Gasteiger partial charge < -0.3 is 14.8 Å². The molecule has 0 heterocycles. The summed E-state index contributed by atoms with van der Waals surface area (Å²) >= 11 is 0. The second-order valence-corrected chi connectivity index (χ2v) is 5.52. The number of amides is 1. The zero-order valence-electron chi connectivity index (χ0n) is 14.1. The summed E-state index contributed by atoms with van der Waals surface area (Å²) in [6.45, 7) is 4.25. The molecule has 0 saturated heterocycles. The zero-order valence-corrected chi connectivity index (χ0v) is 14.1. The summed E-state index contributed by atoms with van der Waals surface area (Å²) in [5.74, 6) is 0.132. The first kappa shape index (κ1) is 17.5. The topological polar surface area (TPSA) is 64.6 Å². The van der Waals surface area contributed by atoms with Gasteiger partial charge in [-0.1, -0.05) is 24.3 Å². The van der Waals surface area contributed by atoms with Crippen LogP contribution in [0.25, 0.3) is 0 Å². The Hall–Kier alpha value is -2.82. The maximum atomic E-state index is 11.9. The number of carbonyl (C=O) groups is 2. The van der Waals surface area contributed by atoms with Crippen LogP contribution in [-0.4, -0.2) is 25.6 Å². The van der Waals surface area contributed by atoms with Gasteiger partial charge in [-0.05, 0) is 48.7 Å². The Bertz CT molecular complexity index is 723. The zero-order chi connectivity index (χ0) is 17.5. The van der Waals surface area contributed by atoms with E-state index < -0.39 is 0 Å². The summed E-state index contributed by atoms with van der Waals surface area (Å²) < 4.78 is 10.2. The fraction of sp³-hybridized carbons (Fsp3) is 0.263. The van der Waals surface area contributed by atoms with E-state index in [9.17, 15) is 9.59 Å². The number of carbonyl (C=O) groups excluding carboxylic acids is 2. The van der Waals surface area contributed by atoms with Gasteiger partial charge in [0.2, 0.25) is 0 Å².